The van der Waals surface area contributed by atoms with Gasteiger partial charge in [0, 0.05) is 31.4 Å². The van der Waals surface area contributed by atoms with Crippen molar-refractivity contribution in [1.29, 1.82) is 0 Å². The largest absolute Gasteiger partial charge is 0.495 e. The smallest absolute Gasteiger partial charge is 0.321 e. The molecule has 10 heteroatoms. The fraction of sp³-hybridized carbons (Fsp3) is 0.333. The Balaban J connectivity index is 1.51. The first kappa shape index (κ1) is 24.6. The minimum absolute atomic E-state index is 0.214. The third-order valence-electron chi connectivity index (χ3n) is 5.21. The molecular formula is C24H28N4O6. The quantitative estimate of drug-likeness (QED) is 0.536. The zero-order chi connectivity index (χ0) is 24.5. The average molecular weight is 469 g/mol. The number of carbonyl (C=O) groups is 4. The van der Waals surface area contributed by atoms with E-state index in [1.165, 1.54) is 14.0 Å². The predicted molar refractivity (Wildman–Crippen MR) is 127 cm³/mol. The van der Waals surface area contributed by atoms with Gasteiger partial charge in [-0.15, -0.1) is 0 Å². The maximum atomic E-state index is 12.5. The third kappa shape index (κ3) is 6.96. The number of hydrogen-bond acceptors (Lipinski definition) is 6. The van der Waals surface area contributed by atoms with Crippen molar-refractivity contribution in [3.05, 3.63) is 48.5 Å². The predicted octanol–water partition coefficient (Wildman–Crippen LogP) is 3.08. The number of likely N-dealkylation sites (tertiary alicyclic amines) is 1. The third-order valence-corrected chi connectivity index (χ3v) is 5.21. The number of para-hydroxylation sites is 1. The number of carbonyl (C=O) groups excluding carboxylic acids is 4. The number of nitrogens with one attached hydrogen (secondary N) is 3. The first-order valence-electron chi connectivity index (χ1n) is 10.9. The van der Waals surface area contributed by atoms with Crippen molar-refractivity contribution >= 4 is 40.9 Å². The minimum Gasteiger partial charge on any atom is -0.495 e. The number of benzene rings is 2. The highest BCUT2D eigenvalue weighted by Crippen LogP contribution is 2.28. The number of esters is 1. The number of amides is 4. The summed E-state index contributed by atoms with van der Waals surface area (Å²) in [5.41, 5.74) is 1.49. The molecule has 1 aliphatic heterocycles. The number of hydrogen-bond donors (Lipinski definition) is 3. The highest BCUT2D eigenvalue weighted by Gasteiger charge is 2.30. The van der Waals surface area contributed by atoms with Crippen molar-refractivity contribution < 1.29 is 28.7 Å². The maximum absolute atomic E-state index is 12.5. The van der Waals surface area contributed by atoms with Crippen molar-refractivity contribution in [2.75, 3.05) is 42.8 Å². The van der Waals surface area contributed by atoms with Crippen LogP contribution in [-0.4, -0.2) is 55.5 Å². The van der Waals surface area contributed by atoms with Gasteiger partial charge in [0.05, 0.1) is 18.7 Å². The van der Waals surface area contributed by atoms with Gasteiger partial charge in [0.1, 0.15) is 5.75 Å². The standard InChI is InChI=1S/C24H28N4O6/c1-16(29)25-19-10-11-21(33-2)20(13-19)27-22(30)15-34-23(31)17-7-6-12-28(14-17)24(32)26-18-8-4-3-5-9-18/h3-5,8-11,13,17H,6-7,12,14-15H2,1-2H3,(H,25,29)(H,26,32)(H,27,30). The van der Waals surface area contributed by atoms with Gasteiger partial charge in [-0.1, -0.05) is 18.2 Å². The molecule has 0 bridgehead atoms. The normalized spacial score (nSPS) is 15.1. The summed E-state index contributed by atoms with van der Waals surface area (Å²) in [6.45, 7) is 1.64. The van der Waals surface area contributed by atoms with Crippen molar-refractivity contribution in [2.45, 2.75) is 19.8 Å². The molecule has 1 heterocycles. The number of piperidine rings is 1. The highest BCUT2D eigenvalue weighted by atomic mass is 16.5. The fourth-order valence-electron chi connectivity index (χ4n) is 3.61. The maximum Gasteiger partial charge on any atom is 0.321 e. The molecule has 3 rings (SSSR count). The lowest BCUT2D eigenvalue weighted by Crippen LogP contribution is -2.45. The molecule has 1 fully saturated rings. The molecule has 0 aromatic heterocycles. The van der Waals surface area contributed by atoms with Crippen molar-refractivity contribution in [1.82, 2.24) is 4.90 Å². The van der Waals surface area contributed by atoms with Gasteiger partial charge in [-0.25, -0.2) is 4.79 Å². The molecular weight excluding hydrogens is 440 g/mol. The van der Waals surface area contributed by atoms with Gasteiger partial charge >= 0.3 is 12.0 Å². The second kappa shape index (κ2) is 11.7. The van der Waals surface area contributed by atoms with E-state index in [0.29, 0.717) is 42.2 Å². The van der Waals surface area contributed by atoms with Gasteiger partial charge in [0.2, 0.25) is 5.91 Å². The first-order valence-corrected chi connectivity index (χ1v) is 10.9. The zero-order valence-corrected chi connectivity index (χ0v) is 19.1. The molecule has 0 spiro atoms. The number of urea groups is 1. The van der Waals surface area contributed by atoms with Crippen LogP contribution in [-0.2, 0) is 19.1 Å². The van der Waals surface area contributed by atoms with E-state index >= 15 is 0 Å². The molecule has 0 saturated carbocycles. The Hall–Kier alpha value is -4.08. The number of methoxy groups -OCH3 is 1. The molecule has 0 radical (unpaired) electrons. The van der Waals surface area contributed by atoms with E-state index in [1.54, 1.807) is 35.2 Å². The van der Waals surface area contributed by atoms with E-state index in [1.807, 2.05) is 18.2 Å². The van der Waals surface area contributed by atoms with Gasteiger partial charge in [0.25, 0.3) is 5.91 Å². The topological polar surface area (TPSA) is 126 Å². The lowest BCUT2D eigenvalue weighted by molar-refractivity contribution is -0.152. The molecule has 180 valence electrons. The Kier molecular flexibility index (Phi) is 8.44. The summed E-state index contributed by atoms with van der Waals surface area (Å²) in [6.07, 6.45) is 1.23. The highest BCUT2D eigenvalue weighted by molar-refractivity contribution is 5.96. The van der Waals surface area contributed by atoms with Crippen molar-refractivity contribution in [2.24, 2.45) is 5.92 Å². The SMILES string of the molecule is COc1ccc(NC(C)=O)cc1NC(=O)COC(=O)C1CCCN(C(=O)Nc2ccccc2)C1. The number of anilines is 3. The molecule has 10 nitrogen and oxygen atoms in total. The Labute approximate surface area is 197 Å². The summed E-state index contributed by atoms with van der Waals surface area (Å²) in [5.74, 6) is -1.47. The fourth-order valence-corrected chi connectivity index (χ4v) is 3.61. The molecule has 34 heavy (non-hydrogen) atoms. The second-order valence-corrected chi connectivity index (χ2v) is 7.83. The van der Waals surface area contributed by atoms with Crippen LogP contribution >= 0.6 is 0 Å². The van der Waals surface area contributed by atoms with Gasteiger partial charge in [0.15, 0.2) is 6.61 Å². The molecule has 1 atom stereocenters. The lowest BCUT2D eigenvalue weighted by Gasteiger charge is -2.31. The molecule has 1 unspecified atom stereocenters. The molecule has 3 N–H and O–H groups in total. The first-order chi connectivity index (χ1) is 16.4. The molecule has 1 aliphatic rings. The van der Waals surface area contributed by atoms with Crippen LogP contribution < -0.4 is 20.7 Å². The van der Waals surface area contributed by atoms with Crippen LogP contribution in [0.5, 0.6) is 5.75 Å². The summed E-state index contributed by atoms with van der Waals surface area (Å²) in [5, 5.41) is 8.05. The Morgan fingerprint density at radius 2 is 1.76 bits per heavy atom. The van der Waals surface area contributed by atoms with Crippen LogP contribution in [0.3, 0.4) is 0 Å². The molecule has 4 amide bonds. The Morgan fingerprint density at radius 1 is 1.00 bits per heavy atom. The van der Waals surface area contributed by atoms with Gasteiger partial charge in [-0.3, -0.25) is 14.4 Å². The average Bonchev–Trinajstić information content (AvgIpc) is 2.83. The summed E-state index contributed by atoms with van der Waals surface area (Å²) < 4.78 is 10.4. The van der Waals surface area contributed by atoms with E-state index in [2.05, 4.69) is 16.0 Å². The van der Waals surface area contributed by atoms with Crippen LogP contribution in [0.2, 0.25) is 0 Å². The number of ether oxygens (including phenoxy) is 2. The zero-order valence-electron chi connectivity index (χ0n) is 19.1. The van der Waals surface area contributed by atoms with E-state index in [4.69, 9.17) is 9.47 Å². The van der Waals surface area contributed by atoms with E-state index < -0.39 is 24.4 Å². The summed E-state index contributed by atoms with van der Waals surface area (Å²) in [7, 11) is 1.45. The number of rotatable bonds is 7. The van der Waals surface area contributed by atoms with E-state index in [9.17, 15) is 19.2 Å². The Morgan fingerprint density at radius 3 is 2.47 bits per heavy atom. The van der Waals surface area contributed by atoms with Crippen LogP contribution in [0.15, 0.2) is 48.5 Å². The molecule has 2 aromatic rings. The number of nitrogens with zero attached hydrogens (tertiary/aromatic N) is 1. The van der Waals surface area contributed by atoms with E-state index in [-0.39, 0.29) is 18.5 Å². The minimum atomic E-state index is -0.555. The second-order valence-electron chi connectivity index (χ2n) is 7.83. The molecule has 2 aromatic carbocycles. The van der Waals surface area contributed by atoms with Crippen LogP contribution in [0.4, 0.5) is 21.9 Å². The lowest BCUT2D eigenvalue weighted by atomic mass is 9.98. The van der Waals surface area contributed by atoms with Crippen LogP contribution in [0.1, 0.15) is 19.8 Å². The van der Waals surface area contributed by atoms with Gasteiger partial charge < -0.3 is 30.3 Å². The van der Waals surface area contributed by atoms with Gasteiger partial charge in [-0.2, -0.15) is 0 Å². The summed E-state index contributed by atoms with van der Waals surface area (Å²) in [6, 6.07) is 13.6. The van der Waals surface area contributed by atoms with Gasteiger partial charge in [-0.05, 0) is 43.2 Å². The summed E-state index contributed by atoms with van der Waals surface area (Å²) >= 11 is 0. The molecule has 0 aliphatic carbocycles. The van der Waals surface area contributed by atoms with Crippen molar-refractivity contribution in [3.63, 3.8) is 0 Å². The monoisotopic (exact) mass is 468 g/mol. The molecule has 1 saturated heterocycles. The van der Waals surface area contributed by atoms with E-state index in [0.717, 1.165) is 0 Å². The Bertz CT molecular complexity index is 1040. The summed E-state index contributed by atoms with van der Waals surface area (Å²) in [4.78, 5) is 50.3. The van der Waals surface area contributed by atoms with Crippen LogP contribution in [0, 0.1) is 5.92 Å². The van der Waals surface area contributed by atoms with Crippen molar-refractivity contribution in [3.8, 4) is 5.75 Å². The van der Waals surface area contributed by atoms with Crippen LogP contribution in [0.25, 0.3) is 0 Å².